The third-order valence-corrected chi connectivity index (χ3v) is 5.78. The highest BCUT2D eigenvalue weighted by Crippen LogP contribution is 2.29. The predicted molar refractivity (Wildman–Crippen MR) is 91.0 cm³/mol. The van der Waals surface area contributed by atoms with E-state index in [9.17, 15) is 8.42 Å². The Morgan fingerprint density at radius 3 is 2.65 bits per heavy atom. The van der Waals surface area contributed by atoms with Crippen LogP contribution >= 0.6 is 11.6 Å². The zero-order valence-corrected chi connectivity index (χ0v) is 14.7. The molecule has 7 nitrogen and oxygen atoms in total. The normalized spacial score (nSPS) is 17.3. The minimum Gasteiger partial charge on any atom is -0.368 e. The largest absolute Gasteiger partial charge is 0.368 e. The van der Waals surface area contributed by atoms with Gasteiger partial charge < -0.3 is 4.90 Å². The number of hydrogen-bond donors (Lipinski definition) is 1. The SMILES string of the molecule is Cc1cc(Cl)cn2ncc(N3CCC(N(C)S(N)(=O)=O)CC3)c12. The van der Waals surface area contributed by atoms with Gasteiger partial charge >= 0.3 is 0 Å². The number of rotatable bonds is 3. The summed E-state index contributed by atoms with van der Waals surface area (Å²) in [6, 6.07) is 1.86. The lowest BCUT2D eigenvalue weighted by atomic mass is 10.0. The summed E-state index contributed by atoms with van der Waals surface area (Å²) in [4.78, 5) is 2.23. The number of aromatic nitrogens is 2. The average Bonchev–Trinajstić information content (AvgIpc) is 2.89. The zero-order valence-electron chi connectivity index (χ0n) is 13.1. The predicted octanol–water partition coefficient (Wildman–Crippen LogP) is 1.40. The van der Waals surface area contributed by atoms with Gasteiger partial charge in [0.1, 0.15) is 0 Å². The lowest BCUT2D eigenvalue weighted by molar-refractivity contribution is 0.312. The molecule has 0 saturated carbocycles. The molecule has 9 heteroatoms. The molecule has 0 bridgehead atoms. The number of piperidine rings is 1. The van der Waals surface area contributed by atoms with Crippen molar-refractivity contribution in [2.75, 3.05) is 25.0 Å². The maximum Gasteiger partial charge on any atom is 0.276 e. The lowest BCUT2D eigenvalue weighted by Gasteiger charge is -2.36. The van der Waals surface area contributed by atoms with Crippen molar-refractivity contribution < 1.29 is 8.42 Å². The van der Waals surface area contributed by atoms with Crippen molar-refractivity contribution in [1.82, 2.24) is 13.9 Å². The Morgan fingerprint density at radius 2 is 2.04 bits per heavy atom. The molecular formula is C14H20ClN5O2S. The van der Waals surface area contributed by atoms with Crippen LogP contribution in [-0.2, 0) is 10.2 Å². The third kappa shape index (κ3) is 3.16. The van der Waals surface area contributed by atoms with Gasteiger partial charge in [0.25, 0.3) is 10.2 Å². The second-order valence-electron chi connectivity index (χ2n) is 5.94. The Hall–Kier alpha value is -1.35. The molecule has 2 aromatic rings. The fourth-order valence-corrected chi connectivity index (χ4v) is 4.06. The van der Waals surface area contributed by atoms with Crippen LogP contribution in [0.4, 0.5) is 5.69 Å². The number of fused-ring (bicyclic) bond motifs is 1. The van der Waals surface area contributed by atoms with Crippen molar-refractivity contribution in [3.8, 4) is 0 Å². The van der Waals surface area contributed by atoms with E-state index in [1.807, 2.05) is 19.2 Å². The number of anilines is 1. The summed E-state index contributed by atoms with van der Waals surface area (Å²) in [5, 5.41) is 10.2. The second kappa shape index (κ2) is 5.94. The molecule has 3 rings (SSSR count). The van der Waals surface area contributed by atoms with Gasteiger partial charge in [-0.3, -0.25) is 0 Å². The van der Waals surface area contributed by atoms with E-state index < -0.39 is 10.2 Å². The van der Waals surface area contributed by atoms with Crippen LogP contribution in [0.5, 0.6) is 0 Å². The zero-order chi connectivity index (χ0) is 16.8. The Labute approximate surface area is 140 Å². The van der Waals surface area contributed by atoms with E-state index >= 15 is 0 Å². The van der Waals surface area contributed by atoms with Crippen molar-refractivity contribution >= 4 is 33.0 Å². The summed E-state index contributed by atoms with van der Waals surface area (Å²) in [7, 11) is -2.10. The number of aryl methyl sites for hydroxylation is 1. The van der Waals surface area contributed by atoms with Crippen molar-refractivity contribution in [3.05, 3.63) is 29.0 Å². The van der Waals surface area contributed by atoms with Crippen LogP contribution in [0.1, 0.15) is 18.4 Å². The maximum atomic E-state index is 11.5. The van der Waals surface area contributed by atoms with Gasteiger partial charge in [-0.2, -0.15) is 17.8 Å². The molecule has 1 aliphatic heterocycles. The van der Waals surface area contributed by atoms with E-state index in [1.165, 1.54) is 11.4 Å². The minimum absolute atomic E-state index is 0.0568. The summed E-state index contributed by atoms with van der Waals surface area (Å²) in [6.45, 7) is 3.52. The lowest BCUT2D eigenvalue weighted by Crippen LogP contribution is -2.47. The molecule has 3 heterocycles. The monoisotopic (exact) mass is 357 g/mol. The maximum absolute atomic E-state index is 11.5. The Kier molecular flexibility index (Phi) is 4.26. The molecule has 0 unspecified atom stereocenters. The molecule has 2 aromatic heterocycles. The van der Waals surface area contributed by atoms with Crippen molar-refractivity contribution in [2.24, 2.45) is 5.14 Å². The topological polar surface area (TPSA) is 83.9 Å². The first kappa shape index (κ1) is 16.5. The first-order valence-corrected chi connectivity index (χ1v) is 9.29. The minimum atomic E-state index is -3.64. The van der Waals surface area contributed by atoms with Crippen LogP contribution in [0.3, 0.4) is 0 Å². The second-order valence-corrected chi connectivity index (χ2v) is 7.99. The summed E-state index contributed by atoms with van der Waals surface area (Å²) in [6.07, 6.45) is 5.09. The van der Waals surface area contributed by atoms with Gasteiger partial charge in [-0.1, -0.05) is 11.6 Å². The smallest absolute Gasteiger partial charge is 0.276 e. The number of hydrogen-bond acceptors (Lipinski definition) is 4. The molecule has 1 saturated heterocycles. The van der Waals surface area contributed by atoms with Crippen LogP contribution in [0.25, 0.3) is 5.52 Å². The molecule has 2 N–H and O–H groups in total. The highest BCUT2D eigenvalue weighted by atomic mass is 35.5. The van der Waals surface area contributed by atoms with Crippen molar-refractivity contribution in [1.29, 1.82) is 0 Å². The van der Waals surface area contributed by atoms with E-state index in [4.69, 9.17) is 16.7 Å². The number of halogens is 1. The van der Waals surface area contributed by atoms with Crippen molar-refractivity contribution in [3.63, 3.8) is 0 Å². The summed E-state index contributed by atoms with van der Waals surface area (Å²) >= 11 is 6.07. The van der Waals surface area contributed by atoms with Gasteiger partial charge in [0.2, 0.25) is 0 Å². The fraction of sp³-hybridized carbons (Fsp3) is 0.500. The van der Waals surface area contributed by atoms with Crippen LogP contribution in [-0.4, -0.2) is 48.5 Å². The highest BCUT2D eigenvalue weighted by Gasteiger charge is 2.28. The molecule has 126 valence electrons. The highest BCUT2D eigenvalue weighted by molar-refractivity contribution is 7.86. The van der Waals surface area contributed by atoms with Gasteiger partial charge in [-0.25, -0.2) is 9.65 Å². The fourth-order valence-electron chi connectivity index (χ4n) is 3.17. The summed E-state index contributed by atoms with van der Waals surface area (Å²) < 4.78 is 26.0. The first-order chi connectivity index (χ1) is 10.8. The molecule has 0 atom stereocenters. The van der Waals surface area contributed by atoms with E-state index in [2.05, 4.69) is 10.00 Å². The van der Waals surface area contributed by atoms with Gasteiger partial charge in [0.05, 0.1) is 22.4 Å². The van der Waals surface area contributed by atoms with E-state index in [0.717, 1.165) is 42.7 Å². The number of nitrogens with zero attached hydrogens (tertiary/aromatic N) is 4. The van der Waals surface area contributed by atoms with Crippen LogP contribution in [0.15, 0.2) is 18.5 Å². The standard InChI is InChI=1S/C14H20ClN5O2S/c1-10-7-11(15)9-20-14(10)13(8-17-20)19-5-3-12(4-6-19)18(2)23(16,21)22/h7-9,12H,3-6H2,1-2H3,(H2,16,21,22). The Morgan fingerprint density at radius 1 is 1.39 bits per heavy atom. The molecule has 23 heavy (non-hydrogen) atoms. The molecule has 1 aliphatic rings. The van der Waals surface area contributed by atoms with Gasteiger partial charge in [0.15, 0.2) is 0 Å². The van der Waals surface area contributed by atoms with Crippen LogP contribution in [0.2, 0.25) is 5.02 Å². The molecule has 0 spiro atoms. The third-order valence-electron chi connectivity index (χ3n) is 4.47. The van der Waals surface area contributed by atoms with Crippen LogP contribution in [0, 0.1) is 6.92 Å². The molecule has 0 amide bonds. The van der Waals surface area contributed by atoms with Gasteiger partial charge in [-0.15, -0.1) is 0 Å². The Bertz CT molecular complexity index is 827. The van der Waals surface area contributed by atoms with Gasteiger partial charge in [0, 0.05) is 32.4 Å². The summed E-state index contributed by atoms with van der Waals surface area (Å²) in [5.41, 5.74) is 3.15. The quantitative estimate of drug-likeness (QED) is 0.899. The molecular weight excluding hydrogens is 338 g/mol. The van der Waals surface area contributed by atoms with E-state index in [-0.39, 0.29) is 6.04 Å². The average molecular weight is 358 g/mol. The number of pyridine rings is 1. The molecule has 0 aliphatic carbocycles. The first-order valence-electron chi connectivity index (χ1n) is 7.41. The van der Waals surface area contributed by atoms with E-state index in [1.54, 1.807) is 10.7 Å². The van der Waals surface area contributed by atoms with Gasteiger partial charge in [-0.05, 0) is 31.4 Å². The molecule has 1 fully saturated rings. The van der Waals surface area contributed by atoms with Crippen LogP contribution < -0.4 is 10.0 Å². The number of nitrogens with two attached hydrogens (primary N) is 1. The molecule has 0 aromatic carbocycles. The van der Waals surface area contributed by atoms with Crippen molar-refractivity contribution in [2.45, 2.75) is 25.8 Å². The Balaban J connectivity index is 1.81. The summed E-state index contributed by atoms with van der Waals surface area (Å²) in [5.74, 6) is 0. The van der Waals surface area contributed by atoms with E-state index in [0.29, 0.717) is 5.02 Å². The molecule has 0 radical (unpaired) electrons.